The summed E-state index contributed by atoms with van der Waals surface area (Å²) in [5.41, 5.74) is 14.2. The van der Waals surface area contributed by atoms with Crippen LogP contribution in [0.2, 0.25) is 0 Å². The van der Waals surface area contributed by atoms with Crippen LogP contribution in [0.15, 0.2) is 27.4 Å². The van der Waals surface area contributed by atoms with Crippen LogP contribution >= 0.6 is 0 Å². The van der Waals surface area contributed by atoms with Crippen molar-refractivity contribution in [2.24, 2.45) is 23.3 Å². The van der Waals surface area contributed by atoms with E-state index in [-0.39, 0.29) is 12.0 Å². The molecule has 0 fully saturated rings. The van der Waals surface area contributed by atoms with Crippen molar-refractivity contribution in [3.8, 4) is 0 Å². The molecule has 5 heteroatoms. The average Bonchev–Trinajstić information content (AvgIpc) is 2.68. The maximum Gasteiger partial charge on any atom is 0.417 e. The van der Waals surface area contributed by atoms with Crippen molar-refractivity contribution in [1.82, 2.24) is 4.98 Å². The van der Waals surface area contributed by atoms with Crippen LogP contribution < -0.4 is 17.2 Å². The Morgan fingerprint density at radius 3 is 2.72 bits per heavy atom. The Hall–Kier alpha value is -1.59. The topological polar surface area (TPSA) is 98.0 Å². The van der Waals surface area contributed by atoms with E-state index < -0.39 is 5.76 Å². The Morgan fingerprint density at radius 2 is 2.11 bits per heavy atom. The number of rotatable bonds is 4. The van der Waals surface area contributed by atoms with Gasteiger partial charge in [0.15, 0.2) is 5.58 Å². The maximum absolute atomic E-state index is 11.1. The Bertz CT molecular complexity index is 585. The van der Waals surface area contributed by atoms with E-state index in [9.17, 15) is 4.79 Å². The molecule has 18 heavy (non-hydrogen) atoms. The van der Waals surface area contributed by atoms with Gasteiger partial charge >= 0.3 is 5.76 Å². The fourth-order valence-corrected chi connectivity index (χ4v) is 2.25. The van der Waals surface area contributed by atoms with E-state index >= 15 is 0 Å². The maximum atomic E-state index is 11.1. The van der Waals surface area contributed by atoms with E-state index in [1.165, 1.54) is 0 Å². The fourth-order valence-electron chi connectivity index (χ4n) is 2.25. The summed E-state index contributed by atoms with van der Waals surface area (Å²) in [4.78, 5) is 13.7. The number of hydrogen-bond acceptors (Lipinski definition) is 4. The lowest BCUT2D eigenvalue weighted by Crippen LogP contribution is -2.31. The summed E-state index contributed by atoms with van der Waals surface area (Å²) in [7, 11) is 0. The fraction of sp³-hybridized carbons (Fsp3) is 0.462. The Balaban J connectivity index is 2.37. The highest BCUT2D eigenvalue weighted by Gasteiger charge is 2.21. The second-order valence-electron chi connectivity index (χ2n) is 4.94. The van der Waals surface area contributed by atoms with E-state index in [0.717, 1.165) is 5.56 Å². The van der Waals surface area contributed by atoms with E-state index in [1.807, 2.05) is 18.2 Å². The predicted molar refractivity (Wildman–Crippen MR) is 71.1 cm³/mol. The third kappa shape index (κ3) is 2.32. The SMILES string of the molecule is CC(C)C(CN)C(N)c1ccc2[nH]c(=O)oc2c1. The Kier molecular flexibility index (Phi) is 3.54. The molecule has 1 aromatic carbocycles. The summed E-state index contributed by atoms with van der Waals surface area (Å²) in [6, 6.07) is 5.37. The molecule has 5 nitrogen and oxygen atoms in total. The summed E-state index contributed by atoms with van der Waals surface area (Å²) in [5, 5.41) is 0. The third-order valence-corrected chi connectivity index (χ3v) is 3.42. The van der Waals surface area contributed by atoms with Gasteiger partial charge in [-0.1, -0.05) is 19.9 Å². The van der Waals surface area contributed by atoms with Crippen molar-refractivity contribution in [2.75, 3.05) is 6.54 Å². The lowest BCUT2D eigenvalue weighted by molar-refractivity contribution is 0.331. The number of H-pyrrole nitrogens is 1. The van der Waals surface area contributed by atoms with Gasteiger partial charge in [0.2, 0.25) is 0 Å². The first-order valence-electron chi connectivity index (χ1n) is 6.11. The number of nitrogens with two attached hydrogens (primary N) is 2. The van der Waals surface area contributed by atoms with Gasteiger partial charge < -0.3 is 15.9 Å². The van der Waals surface area contributed by atoms with Crippen LogP contribution in [0.3, 0.4) is 0 Å². The van der Waals surface area contributed by atoms with Crippen LogP contribution in [0, 0.1) is 11.8 Å². The minimum atomic E-state index is -0.449. The van der Waals surface area contributed by atoms with Gasteiger partial charge in [0.05, 0.1) is 5.52 Å². The molecule has 2 unspecified atom stereocenters. The molecule has 0 aliphatic heterocycles. The number of aromatic nitrogens is 1. The lowest BCUT2D eigenvalue weighted by Gasteiger charge is -2.26. The molecular formula is C13H19N3O2. The number of fused-ring (bicyclic) bond motifs is 1. The number of benzene rings is 1. The molecule has 0 bridgehead atoms. The quantitative estimate of drug-likeness (QED) is 0.761. The minimum Gasteiger partial charge on any atom is -0.408 e. The van der Waals surface area contributed by atoms with E-state index in [0.29, 0.717) is 23.6 Å². The van der Waals surface area contributed by atoms with Crippen LogP contribution in [0.1, 0.15) is 25.5 Å². The molecule has 0 saturated heterocycles. The second kappa shape index (κ2) is 4.96. The molecule has 98 valence electrons. The van der Waals surface area contributed by atoms with Gasteiger partial charge in [-0.25, -0.2) is 4.79 Å². The van der Waals surface area contributed by atoms with E-state index in [4.69, 9.17) is 15.9 Å². The third-order valence-electron chi connectivity index (χ3n) is 3.42. The van der Waals surface area contributed by atoms with Gasteiger partial charge in [0, 0.05) is 6.04 Å². The van der Waals surface area contributed by atoms with Crippen molar-refractivity contribution in [3.63, 3.8) is 0 Å². The van der Waals surface area contributed by atoms with Crippen LogP contribution in [0.25, 0.3) is 11.1 Å². The summed E-state index contributed by atoms with van der Waals surface area (Å²) in [6.45, 7) is 4.74. The number of oxazole rings is 1. The lowest BCUT2D eigenvalue weighted by atomic mass is 9.85. The normalized spacial score (nSPS) is 15.2. The standard InChI is InChI=1S/C13H19N3O2/c1-7(2)9(6-14)12(15)8-3-4-10-11(5-8)18-13(17)16-10/h3-5,7,9,12H,6,14-15H2,1-2H3,(H,16,17). The number of hydrogen-bond donors (Lipinski definition) is 3. The molecule has 0 radical (unpaired) electrons. The molecule has 0 saturated carbocycles. The number of nitrogens with one attached hydrogen (secondary N) is 1. The van der Waals surface area contributed by atoms with Gasteiger partial charge in [-0.2, -0.15) is 0 Å². The van der Waals surface area contributed by atoms with Crippen LogP contribution in [-0.4, -0.2) is 11.5 Å². The Morgan fingerprint density at radius 1 is 1.39 bits per heavy atom. The zero-order valence-corrected chi connectivity index (χ0v) is 10.6. The Labute approximate surface area is 105 Å². The van der Waals surface area contributed by atoms with E-state index in [2.05, 4.69) is 18.8 Å². The van der Waals surface area contributed by atoms with Gasteiger partial charge in [0.1, 0.15) is 0 Å². The second-order valence-corrected chi connectivity index (χ2v) is 4.94. The molecule has 2 aromatic rings. The van der Waals surface area contributed by atoms with Crippen molar-refractivity contribution >= 4 is 11.1 Å². The van der Waals surface area contributed by atoms with Crippen LogP contribution in [-0.2, 0) is 0 Å². The van der Waals surface area contributed by atoms with Crippen LogP contribution in [0.5, 0.6) is 0 Å². The summed E-state index contributed by atoms with van der Waals surface area (Å²) < 4.78 is 5.03. The van der Waals surface area contributed by atoms with Gasteiger partial charge in [0.25, 0.3) is 0 Å². The molecule has 0 spiro atoms. The highest BCUT2D eigenvalue weighted by atomic mass is 16.4. The van der Waals surface area contributed by atoms with Crippen molar-refractivity contribution < 1.29 is 4.42 Å². The molecule has 2 rings (SSSR count). The van der Waals surface area contributed by atoms with Gasteiger partial charge in [-0.3, -0.25) is 4.98 Å². The zero-order valence-electron chi connectivity index (χ0n) is 10.6. The molecular weight excluding hydrogens is 230 g/mol. The van der Waals surface area contributed by atoms with Crippen LogP contribution in [0.4, 0.5) is 0 Å². The molecule has 0 amide bonds. The average molecular weight is 249 g/mol. The van der Waals surface area contributed by atoms with Gasteiger partial charge in [-0.05, 0) is 36.1 Å². The summed E-state index contributed by atoms with van der Waals surface area (Å²) in [5.74, 6) is 0.155. The molecule has 2 atom stereocenters. The summed E-state index contributed by atoms with van der Waals surface area (Å²) >= 11 is 0. The summed E-state index contributed by atoms with van der Waals surface area (Å²) in [6.07, 6.45) is 0. The highest BCUT2D eigenvalue weighted by Crippen LogP contribution is 2.26. The molecule has 1 heterocycles. The first-order valence-corrected chi connectivity index (χ1v) is 6.11. The monoisotopic (exact) mass is 249 g/mol. The number of aromatic amines is 1. The minimum absolute atomic E-state index is 0.153. The highest BCUT2D eigenvalue weighted by molar-refractivity contribution is 5.72. The largest absolute Gasteiger partial charge is 0.417 e. The van der Waals surface area contributed by atoms with Crippen molar-refractivity contribution in [3.05, 3.63) is 34.3 Å². The first kappa shape index (κ1) is 12.9. The van der Waals surface area contributed by atoms with Crippen molar-refractivity contribution in [1.29, 1.82) is 0 Å². The zero-order chi connectivity index (χ0) is 13.3. The predicted octanol–water partition coefficient (Wildman–Crippen LogP) is 1.35. The van der Waals surface area contributed by atoms with Crippen molar-refractivity contribution in [2.45, 2.75) is 19.9 Å². The molecule has 0 aliphatic carbocycles. The molecule has 1 aromatic heterocycles. The molecule has 5 N–H and O–H groups in total. The smallest absolute Gasteiger partial charge is 0.408 e. The van der Waals surface area contributed by atoms with Gasteiger partial charge in [-0.15, -0.1) is 0 Å². The first-order chi connectivity index (χ1) is 8.52. The van der Waals surface area contributed by atoms with E-state index in [1.54, 1.807) is 0 Å². The molecule has 0 aliphatic rings.